The summed E-state index contributed by atoms with van der Waals surface area (Å²) in [6, 6.07) is 5.32. The Morgan fingerprint density at radius 3 is 2.67 bits per heavy atom. The molecule has 1 fully saturated rings. The van der Waals surface area contributed by atoms with E-state index >= 15 is 0 Å². The molecule has 2 rings (SSSR count). The number of amides is 1. The van der Waals surface area contributed by atoms with Gasteiger partial charge in [-0.25, -0.2) is 0 Å². The predicted molar refractivity (Wildman–Crippen MR) is 79.8 cm³/mol. The summed E-state index contributed by atoms with van der Waals surface area (Å²) in [4.78, 5) is 24.7. The molecule has 1 aliphatic rings. The van der Waals surface area contributed by atoms with Gasteiger partial charge in [0.2, 0.25) is 5.91 Å². The Morgan fingerprint density at radius 1 is 1.43 bits per heavy atom. The van der Waals surface area contributed by atoms with Gasteiger partial charge < -0.3 is 4.90 Å². The predicted octanol–water partition coefficient (Wildman–Crippen LogP) is 2.52. The molecule has 1 atom stereocenters. The van der Waals surface area contributed by atoms with Crippen molar-refractivity contribution in [2.45, 2.75) is 45.8 Å². The van der Waals surface area contributed by atoms with Crippen molar-refractivity contribution in [2.24, 2.45) is 0 Å². The van der Waals surface area contributed by atoms with Crippen LogP contribution in [0.2, 0.25) is 0 Å². The second-order valence-electron chi connectivity index (χ2n) is 5.36. The van der Waals surface area contributed by atoms with Gasteiger partial charge in [0.05, 0.1) is 11.5 Å². The fraction of sp³-hybridized carbons (Fsp3) is 0.533. The normalized spacial score (nSPS) is 18.6. The summed E-state index contributed by atoms with van der Waals surface area (Å²) >= 11 is 0. The van der Waals surface area contributed by atoms with Gasteiger partial charge in [0.15, 0.2) is 0 Å². The molecule has 1 amide bonds. The molecule has 0 aliphatic carbocycles. The van der Waals surface area contributed by atoms with Crippen molar-refractivity contribution in [3.05, 3.63) is 39.4 Å². The van der Waals surface area contributed by atoms with Crippen molar-refractivity contribution in [3.63, 3.8) is 0 Å². The lowest BCUT2D eigenvalue weighted by atomic mass is 10.0. The standard InChI is InChI=1S/C15H21N3O3/c1-4-12(5-2)17-14(19)9-16-15(17)11-7-6-10(3)13(8-11)18(20)21/h6-8,12,15-16H,4-5,9H2,1-3H3. The van der Waals surface area contributed by atoms with Crippen molar-refractivity contribution < 1.29 is 9.72 Å². The van der Waals surface area contributed by atoms with Crippen LogP contribution in [0.25, 0.3) is 0 Å². The van der Waals surface area contributed by atoms with Crippen molar-refractivity contribution in [2.75, 3.05) is 6.54 Å². The van der Waals surface area contributed by atoms with E-state index in [9.17, 15) is 14.9 Å². The zero-order chi connectivity index (χ0) is 15.6. The molecule has 114 valence electrons. The van der Waals surface area contributed by atoms with Crippen LogP contribution < -0.4 is 5.32 Å². The number of hydrogen-bond acceptors (Lipinski definition) is 4. The summed E-state index contributed by atoms with van der Waals surface area (Å²) in [6.45, 7) is 6.10. The van der Waals surface area contributed by atoms with Gasteiger partial charge in [-0.05, 0) is 25.3 Å². The summed E-state index contributed by atoms with van der Waals surface area (Å²) in [5.74, 6) is 0.0527. The monoisotopic (exact) mass is 291 g/mol. The lowest BCUT2D eigenvalue weighted by Gasteiger charge is -2.31. The molecule has 0 saturated carbocycles. The number of benzene rings is 1. The molecule has 21 heavy (non-hydrogen) atoms. The highest BCUT2D eigenvalue weighted by molar-refractivity contribution is 5.81. The minimum Gasteiger partial charge on any atom is -0.319 e. The molecule has 0 aromatic heterocycles. The van der Waals surface area contributed by atoms with Crippen LogP contribution in [0, 0.1) is 17.0 Å². The molecule has 6 heteroatoms. The maximum atomic E-state index is 12.1. The lowest BCUT2D eigenvalue weighted by Crippen LogP contribution is -2.39. The molecule has 1 saturated heterocycles. The quantitative estimate of drug-likeness (QED) is 0.668. The first-order chi connectivity index (χ1) is 9.99. The molecule has 1 aromatic rings. The van der Waals surface area contributed by atoms with Crippen LogP contribution in [0.1, 0.15) is 44.0 Å². The average molecular weight is 291 g/mol. The number of nitro groups is 1. The molecule has 0 spiro atoms. The summed E-state index contributed by atoms with van der Waals surface area (Å²) in [5, 5.41) is 14.2. The zero-order valence-electron chi connectivity index (χ0n) is 12.6. The molecular weight excluding hydrogens is 270 g/mol. The van der Waals surface area contributed by atoms with Gasteiger partial charge in [-0.2, -0.15) is 0 Å². The molecule has 0 bridgehead atoms. The van der Waals surface area contributed by atoms with Crippen molar-refractivity contribution in [1.29, 1.82) is 0 Å². The maximum absolute atomic E-state index is 12.1. The van der Waals surface area contributed by atoms with E-state index in [1.807, 2.05) is 11.0 Å². The Hall–Kier alpha value is -1.95. The Balaban J connectivity index is 2.38. The highest BCUT2D eigenvalue weighted by Gasteiger charge is 2.36. The topological polar surface area (TPSA) is 75.5 Å². The van der Waals surface area contributed by atoms with Gasteiger partial charge in [0.25, 0.3) is 5.69 Å². The van der Waals surface area contributed by atoms with Gasteiger partial charge >= 0.3 is 0 Å². The first kappa shape index (κ1) is 15.4. The third-order valence-electron chi connectivity index (χ3n) is 4.09. The van der Waals surface area contributed by atoms with E-state index in [1.165, 1.54) is 0 Å². The van der Waals surface area contributed by atoms with E-state index in [0.29, 0.717) is 5.56 Å². The van der Waals surface area contributed by atoms with Crippen LogP contribution in [-0.4, -0.2) is 28.3 Å². The number of nitro benzene ring substituents is 1. The van der Waals surface area contributed by atoms with Crippen LogP contribution in [0.3, 0.4) is 0 Å². The Morgan fingerprint density at radius 2 is 2.10 bits per heavy atom. The molecule has 1 N–H and O–H groups in total. The Labute approximate surface area is 124 Å². The molecule has 6 nitrogen and oxygen atoms in total. The number of aryl methyl sites for hydroxylation is 1. The fourth-order valence-corrected chi connectivity index (χ4v) is 2.89. The molecule has 1 unspecified atom stereocenters. The molecule has 1 aliphatic heterocycles. The largest absolute Gasteiger partial charge is 0.319 e. The molecule has 1 aromatic carbocycles. The highest BCUT2D eigenvalue weighted by Crippen LogP contribution is 2.30. The average Bonchev–Trinajstić information content (AvgIpc) is 2.83. The van der Waals surface area contributed by atoms with Gasteiger partial charge in [-0.1, -0.05) is 26.0 Å². The lowest BCUT2D eigenvalue weighted by molar-refractivity contribution is -0.385. The number of rotatable bonds is 5. The fourth-order valence-electron chi connectivity index (χ4n) is 2.89. The first-order valence-corrected chi connectivity index (χ1v) is 7.29. The minimum absolute atomic E-state index is 0.0527. The van der Waals surface area contributed by atoms with Crippen LogP contribution in [0.5, 0.6) is 0 Å². The number of carbonyl (C=O) groups is 1. The van der Waals surface area contributed by atoms with E-state index in [2.05, 4.69) is 19.2 Å². The summed E-state index contributed by atoms with van der Waals surface area (Å²) in [6.07, 6.45) is 1.46. The summed E-state index contributed by atoms with van der Waals surface area (Å²) < 4.78 is 0. The van der Waals surface area contributed by atoms with E-state index < -0.39 is 0 Å². The van der Waals surface area contributed by atoms with E-state index in [-0.39, 0.29) is 35.3 Å². The van der Waals surface area contributed by atoms with Crippen LogP contribution in [0.4, 0.5) is 5.69 Å². The number of nitrogens with one attached hydrogen (secondary N) is 1. The number of carbonyl (C=O) groups excluding carboxylic acids is 1. The molecular formula is C15H21N3O3. The Bertz CT molecular complexity index is 555. The van der Waals surface area contributed by atoms with Crippen LogP contribution in [0.15, 0.2) is 18.2 Å². The number of hydrogen-bond donors (Lipinski definition) is 1. The van der Waals surface area contributed by atoms with Crippen molar-refractivity contribution in [1.82, 2.24) is 10.2 Å². The zero-order valence-corrected chi connectivity index (χ0v) is 12.6. The van der Waals surface area contributed by atoms with Crippen LogP contribution >= 0.6 is 0 Å². The SMILES string of the molecule is CCC(CC)N1C(=O)CNC1c1ccc(C)c([N+](=O)[O-])c1. The molecule has 0 radical (unpaired) electrons. The summed E-state index contributed by atoms with van der Waals surface area (Å²) in [5.41, 5.74) is 1.49. The van der Waals surface area contributed by atoms with E-state index in [0.717, 1.165) is 18.4 Å². The highest BCUT2D eigenvalue weighted by atomic mass is 16.6. The van der Waals surface area contributed by atoms with Gasteiger partial charge in [-0.3, -0.25) is 20.2 Å². The first-order valence-electron chi connectivity index (χ1n) is 7.29. The minimum atomic E-state index is -0.378. The second-order valence-corrected chi connectivity index (χ2v) is 5.36. The number of nitrogens with zero attached hydrogens (tertiary/aromatic N) is 2. The third kappa shape index (κ3) is 2.90. The third-order valence-corrected chi connectivity index (χ3v) is 4.09. The molecule has 1 heterocycles. The van der Waals surface area contributed by atoms with Crippen molar-refractivity contribution in [3.8, 4) is 0 Å². The summed E-state index contributed by atoms with van der Waals surface area (Å²) in [7, 11) is 0. The van der Waals surface area contributed by atoms with Crippen molar-refractivity contribution >= 4 is 11.6 Å². The van der Waals surface area contributed by atoms with Gasteiger partial charge in [0, 0.05) is 17.7 Å². The van der Waals surface area contributed by atoms with Gasteiger partial charge in [0.1, 0.15) is 6.17 Å². The van der Waals surface area contributed by atoms with Crippen LogP contribution in [-0.2, 0) is 4.79 Å². The van der Waals surface area contributed by atoms with E-state index in [4.69, 9.17) is 0 Å². The van der Waals surface area contributed by atoms with Gasteiger partial charge in [-0.15, -0.1) is 0 Å². The Kier molecular flexibility index (Phi) is 4.57. The van der Waals surface area contributed by atoms with E-state index in [1.54, 1.807) is 19.1 Å². The second kappa shape index (κ2) is 6.22. The maximum Gasteiger partial charge on any atom is 0.272 e. The smallest absolute Gasteiger partial charge is 0.272 e.